The summed E-state index contributed by atoms with van der Waals surface area (Å²) in [6.07, 6.45) is 4.32. The van der Waals surface area contributed by atoms with Crippen LogP contribution in [0.5, 0.6) is 5.75 Å². The summed E-state index contributed by atoms with van der Waals surface area (Å²) in [6.45, 7) is 7.55. The van der Waals surface area contributed by atoms with Crippen LogP contribution >= 0.6 is 11.8 Å². The van der Waals surface area contributed by atoms with Crippen molar-refractivity contribution in [1.82, 2.24) is 24.8 Å². The minimum atomic E-state index is -1.23. The molecule has 1 unspecified atom stereocenters. The molecule has 1 aliphatic carbocycles. The van der Waals surface area contributed by atoms with Crippen LogP contribution in [-0.4, -0.2) is 56.7 Å². The molecule has 13 nitrogen and oxygen atoms in total. The molecule has 238 valence electrons. The Balaban J connectivity index is 0.000000232. The maximum absolute atomic E-state index is 13.0. The SMILES string of the molecule is C=CCOC(=O)c1ccc2c(c1C)CC[C@@H]2NC(=O)c1cc(C(=O)O)nc2ccnn12.CC(NCl)c1ccc2c(c1)NC(=O)CO2. The van der Waals surface area contributed by atoms with E-state index in [-0.39, 0.29) is 48.2 Å². The second-order valence-corrected chi connectivity index (χ2v) is 10.8. The largest absolute Gasteiger partial charge is 0.482 e. The predicted molar refractivity (Wildman–Crippen MR) is 168 cm³/mol. The van der Waals surface area contributed by atoms with Gasteiger partial charge in [0.25, 0.3) is 11.8 Å². The molecule has 14 heteroatoms. The van der Waals surface area contributed by atoms with Crippen LogP contribution in [0.3, 0.4) is 0 Å². The predicted octanol–water partition coefficient (Wildman–Crippen LogP) is 4.32. The lowest BCUT2D eigenvalue weighted by atomic mass is 9.98. The molecule has 46 heavy (non-hydrogen) atoms. The molecule has 1 aliphatic heterocycles. The monoisotopic (exact) mass is 646 g/mol. The van der Waals surface area contributed by atoms with Gasteiger partial charge in [0.1, 0.15) is 18.1 Å². The second kappa shape index (κ2) is 13.8. The Morgan fingerprint density at radius 2 is 2.07 bits per heavy atom. The third-order valence-corrected chi connectivity index (χ3v) is 7.99. The number of esters is 1. The van der Waals surface area contributed by atoms with Gasteiger partial charge in [0, 0.05) is 18.2 Å². The number of carbonyl (C=O) groups excluding carboxylic acids is 3. The number of aromatic carboxylic acids is 1. The number of rotatable bonds is 8. The van der Waals surface area contributed by atoms with Gasteiger partial charge < -0.3 is 25.2 Å². The molecule has 2 aliphatic rings. The van der Waals surface area contributed by atoms with Gasteiger partial charge in [-0.2, -0.15) is 5.10 Å². The summed E-state index contributed by atoms with van der Waals surface area (Å²) < 4.78 is 11.7. The van der Waals surface area contributed by atoms with Crippen molar-refractivity contribution in [2.24, 2.45) is 0 Å². The van der Waals surface area contributed by atoms with Crippen molar-refractivity contribution in [3.63, 3.8) is 0 Å². The van der Waals surface area contributed by atoms with E-state index in [1.165, 1.54) is 28.9 Å². The Morgan fingerprint density at radius 3 is 2.80 bits per heavy atom. The highest BCUT2D eigenvalue weighted by Crippen LogP contribution is 2.35. The van der Waals surface area contributed by atoms with Crippen molar-refractivity contribution in [2.75, 3.05) is 18.5 Å². The van der Waals surface area contributed by atoms with Crippen LogP contribution in [0.1, 0.15) is 79.0 Å². The molecule has 6 rings (SSSR count). The molecule has 0 bridgehead atoms. The lowest BCUT2D eigenvalue weighted by molar-refractivity contribution is -0.118. The summed E-state index contributed by atoms with van der Waals surface area (Å²) in [5.41, 5.74) is 5.07. The average Bonchev–Trinajstić information content (AvgIpc) is 3.70. The topological polar surface area (TPSA) is 173 Å². The molecule has 3 heterocycles. The first-order chi connectivity index (χ1) is 22.1. The Labute approximate surface area is 268 Å². The summed E-state index contributed by atoms with van der Waals surface area (Å²) in [5.74, 6) is -1.53. The summed E-state index contributed by atoms with van der Waals surface area (Å²) in [6, 6.07) is 11.6. The van der Waals surface area contributed by atoms with Crippen molar-refractivity contribution < 1.29 is 33.8 Å². The molecule has 4 aromatic rings. The molecule has 2 atom stereocenters. The zero-order chi connectivity index (χ0) is 33.0. The number of benzene rings is 2. The fourth-order valence-corrected chi connectivity index (χ4v) is 5.44. The summed E-state index contributed by atoms with van der Waals surface area (Å²) in [4.78, 5) is 54.3. The first-order valence-corrected chi connectivity index (χ1v) is 14.7. The van der Waals surface area contributed by atoms with E-state index in [2.05, 4.69) is 32.1 Å². The number of aromatic nitrogens is 3. The van der Waals surface area contributed by atoms with Crippen molar-refractivity contribution >= 4 is 46.9 Å². The molecule has 2 amide bonds. The molecule has 2 aromatic carbocycles. The first-order valence-electron chi connectivity index (χ1n) is 14.3. The second-order valence-electron chi connectivity index (χ2n) is 10.6. The molecule has 0 spiro atoms. The third kappa shape index (κ3) is 6.70. The van der Waals surface area contributed by atoms with E-state index in [1.807, 2.05) is 38.1 Å². The number of anilines is 1. The highest BCUT2D eigenvalue weighted by Gasteiger charge is 2.29. The van der Waals surface area contributed by atoms with Crippen molar-refractivity contribution in [1.29, 1.82) is 0 Å². The summed E-state index contributed by atoms with van der Waals surface area (Å²) in [7, 11) is 0. The van der Waals surface area contributed by atoms with Crippen LogP contribution in [0.4, 0.5) is 5.69 Å². The standard InChI is InChI=1S/C22H20N4O5.C10H11ClN2O2/c1-3-10-31-22(30)14-4-5-15-13(12(14)2)6-7-16(15)25-20(27)18-11-17(21(28)29)24-19-8-9-23-26(18)19;1-6(13-11)7-2-3-9-8(4-7)12-10(14)5-15-9/h3-5,8-9,11,16H,1,6-7,10H2,2H3,(H,25,27)(H,28,29);2-4,6,13H,5H2,1H3,(H,12,14)/t16-;/m0./s1. The minimum absolute atomic E-state index is 0.0239. The highest BCUT2D eigenvalue weighted by atomic mass is 35.5. The van der Waals surface area contributed by atoms with Crippen LogP contribution < -0.4 is 20.2 Å². The van der Waals surface area contributed by atoms with Crippen LogP contribution in [0.25, 0.3) is 5.65 Å². The van der Waals surface area contributed by atoms with Crippen molar-refractivity contribution in [3.8, 4) is 5.75 Å². The van der Waals surface area contributed by atoms with Crippen LogP contribution in [-0.2, 0) is 16.0 Å². The lowest BCUT2D eigenvalue weighted by Gasteiger charge is -2.19. The Kier molecular flexibility index (Phi) is 9.64. The smallest absolute Gasteiger partial charge is 0.354 e. The zero-order valence-electron chi connectivity index (χ0n) is 25.0. The number of nitrogens with zero attached hydrogens (tertiary/aromatic N) is 3. The zero-order valence-corrected chi connectivity index (χ0v) is 25.8. The van der Waals surface area contributed by atoms with Gasteiger partial charge in [-0.1, -0.05) is 24.8 Å². The van der Waals surface area contributed by atoms with Gasteiger partial charge in [0.2, 0.25) is 0 Å². The Morgan fingerprint density at radius 1 is 1.26 bits per heavy atom. The molecule has 0 radical (unpaired) electrons. The van der Waals surface area contributed by atoms with Gasteiger partial charge in [0.05, 0.1) is 23.5 Å². The van der Waals surface area contributed by atoms with Crippen LogP contribution in [0, 0.1) is 6.92 Å². The fraction of sp³-hybridized carbons (Fsp3) is 0.250. The Bertz CT molecular complexity index is 1860. The number of hydrogen-bond acceptors (Lipinski definition) is 9. The number of nitrogens with one attached hydrogen (secondary N) is 3. The van der Waals surface area contributed by atoms with Crippen molar-refractivity contribution in [3.05, 3.63) is 101 Å². The van der Waals surface area contributed by atoms with E-state index < -0.39 is 17.8 Å². The van der Waals surface area contributed by atoms with E-state index in [1.54, 1.807) is 6.07 Å². The van der Waals surface area contributed by atoms with Crippen LogP contribution in [0.2, 0.25) is 0 Å². The summed E-state index contributed by atoms with van der Waals surface area (Å²) in [5, 5.41) is 19.1. The van der Waals surface area contributed by atoms with Gasteiger partial charge in [0.15, 0.2) is 17.9 Å². The fourth-order valence-electron chi connectivity index (χ4n) is 5.31. The number of carboxylic acid groups (broad SMARTS) is 1. The molecule has 4 N–H and O–H groups in total. The van der Waals surface area contributed by atoms with Gasteiger partial charge in [-0.15, -0.1) is 0 Å². The average molecular weight is 647 g/mol. The number of carboxylic acids is 1. The number of halogens is 1. The van der Waals surface area contributed by atoms with Crippen LogP contribution in [0.15, 0.2) is 61.3 Å². The molecular formula is C32H31ClN6O7. The minimum Gasteiger partial charge on any atom is -0.482 e. The molecule has 0 saturated heterocycles. The number of carbonyl (C=O) groups is 4. The lowest BCUT2D eigenvalue weighted by Crippen LogP contribution is -2.29. The highest BCUT2D eigenvalue weighted by molar-refractivity contribution is 6.13. The maximum atomic E-state index is 13.0. The summed E-state index contributed by atoms with van der Waals surface area (Å²) >= 11 is 5.53. The molecular weight excluding hydrogens is 616 g/mol. The Hall–Kier alpha value is -5.27. The van der Waals surface area contributed by atoms with E-state index in [0.717, 1.165) is 22.3 Å². The van der Waals surface area contributed by atoms with E-state index in [0.29, 0.717) is 29.8 Å². The molecule has 0 saturated carbocycles. The number of fused-ring (bicyclic) bond motifs is 3. The number of ether oxygens (including phenoxy) is 2. The normalized spacial score (nSPS) is 15.3. The van der Waals surface area contributed by atoms with E-state index in [4.69, 9.17) is 21.3 Å². The molecule has 0 fully saturated rings. The first kappa shape index (κ1) is 32.1. The van der Waals surface area contributed by atoms with E-state index >= 15 is 0 Å². The maximum Gasteiger partial charge on any atom is 0.354 e. The van der Waals surface area contributed by atoms with Gasteiger partial charge >= 0.3 is 11.9 Å². The van der Waals surface area contributed by atoms with Crippen molar-refractivity contribution in [2.45, 2.75) is 38.8 Å². The number of hydrogen-bond donors (Lipinski definition) is 4. The third-order valence-electron chi connectivity index (χ3n) is 7.66. The van der Waals surface area contributed by atoms with E-state index in [9.17, 15) is 24.3 Å². The van der Waals surface area contributed by atoms with Gasteiger partial charge in [-0.05, 0) is 78.9 Å². The number of amides is 2. The van der Waals surface area contributed by atoms with Gasteiger partial charge in [-0.3, -0.25) is 9.59 Å². The quantitative estimate of drug-likeness (QED) is 0.123. The molecule has 2 aromatic heterocycles. The van der Waals surface area contributed by atoms with Gasteiger partial charge in [-0.25, -0.2) is 23.9 Å².